The van der Waals surface area contributed by atoms with E-state index in [4.69, 9.17) is 4.74 Å². The fourth-order valence-corrected chi connectivity index (χ4v) is 4.89. The average Bonchev–Trinajstić information content (AvgIpc) is 2.69. The molecule has 0 aromatic carbocycles. The van der Waals surface area contributed by atoms with Gasteiger partial charge in [-0.05, 0) is 70.6 Å². The lowest BCUT2D eigenvalue weighted by molar-refractivity contribution is -0.160. The van der Waals surface area contributed by atoms with E-state index in [2.05, 4.69) is 73.6 Å². The predicted molar refractivity (Wildman–Crippen MR) is 137 cm³/mol. The van der Waals surface area contributed by atoms with Gasteiger partial charge in [-0.3, -0.25) is 9.59 Å². The topological polar surface area (TPSA) is 63.6 Å². The number of carbonyl (C=O) groups excluding carboxylic acids is 2. The fourth-order valence-electron chi connectivity index (χ4n) is 4.89. The molecule has 1 fully saturated rings. The van der Waals surface area contributed by atoms with Crippen molar-refractivity contribution in [3.63, 3.8) is 0 Å². The summed E-state index contributed by atoms with van der Waals surface area (Å²) < 4.78 is 5.12. The maximum absolute atomic E-state index is 12.3. The summed E-state index contributed by atoms with van der Waals surface area (Å²) in [6, 6.07) is 0. The van der Waals surface area contributed by atoms with Gasteiger partial charge >= 0.3 is 0 Å². The highest BCUT2D eigenvalue weighted by Gasteiger charge is 2.46. The Hall–Kier alpha value is -1.52. The van der Waals surface area contributed by atoms with Crippen LogP contribution in [-0.4, -0.2) is 36.0 Å². The molecule has 0 amide bonds. The smallest absolute Gasteiger partial charge is 0.229 e. The van der Waals surface area contributed by atoms with Crippen molar-refractivity contribution in [3.05, 3.63) is 34.9 Å². The quantitative estimate of drug-likeness (QED) is 0.278. The van der Waals surface area contributed by atoms with Crippen LogP contribution in [0.3, 0.4) is 0 Å². The number of aliphatic hydroxyl groups excluding tert-OH is 1. The molecule has 0 aromatic heterocycles. The maximum atomic E-state index is 12.3. The molecule has 1 aliphatic rings. The second-order valence-corrected chi connectivity index (χ2v) is 12.0. The highest BCUT2D eigenvalue weighted by Crippen LogP contribution is 2.35. The minimum absolute atomic E-state index is 0.115. The molecule has 4 atom stereocenters. The van der Waals surface area contributed by atoms with Crippen LogP contribution in [0.4, 0.5) is 0 Å². The van der Waals surface area contributed by atoms with Crippen molar-refractivity contribution in [2.24, 2.45) is 22.7 Å². The first kappa shape index (κ1) is 29.5. The number of ketones is 2. The summed E-state index contributed by atoms with van der Waals surface area (Å²) in [5.74, 6) is -1.84. The number of allylic oxidation sites excluding steroid dienone is 6. The first-order valence-corrected chi connectivity index (χ1v) is 12.3. The SMILES string of the molecule is COC1C(=O)C(=O)C(C)C(C/C=C(\C)CC(C)(C)CC=C(C)CC(C)(C)CC=C(C)C)C1O. The molecule has 0 aliphatic heterocycles. The van der Waals surface area contributed by atoms with Gasteiger partial charge in [-0.2, -0.15) is 0 Å². The minimum Gasteiger partial charge on any atom is -0.390 e. The van der Waals surface area contributed by atoms with E-state index in [1.165, 1.54) is 23.8 Å². The number of rotatable bonds is 11. The molecule has 1 aliphatic carbocycles. The van der Waals surface area contributed by atoms with E-state index in [9.17, 15) is 14.7 Å². The van der Waals surface area contributed by atoms with E-state index in [0.717, 1.165) is 25.7 Å². The molecule has 4 nitrogen and oxygen atoms in total. The van der Waals surface area contributed by atoms with Crippen molar-refractivity contribution < 1.29 is 19.4 Å². The summed E-state index contributed by atoms with van der Waals surface area (Å²) >= 11 is 0. The number of hydrogen-bond acceptors (Lipinski definition) is 4. The van der Waals surface area contributed by atoms with E-state index in [-0.39, 0.29) is 16.7 Å². The van der Waals surface area contributed by atoms with Crippen LogP contribution in [0, 0.1) is 22.7 Å². The van der Waals surface area contributed by atoms with E-state index in [1.54, 1.807) is 6.92 Å². The zero-order chi connectivity index (χ0) is 25.6. The summed E-state index contributed by atoms with van der Waals surface area (Å²) in [5.41, 5.74) is 4.42. The first-order valence-electron chi connectivity index (χ1n) is 12.3. The molecule has 0 saturated heterocycles. The lowest BCUT2D eigenvalue weighted by Gasteiger charge is -2.36. The third kappa shape index (κ3) is 9.33. The number of aliphatic hydroxyl groups is 1. The molecule has 1 N–H and O–H groups in total. The molecule has 0 spiro atoms. The molecule has 0 radical (unpaired) electrons. The van der Waals surface area contributed by atoms with Crippen molar-refractivity contribution in [1.82, 2.24) is 0 Å². The Kier molecular flexibility index (Phi) is 11.0. The molecule has 0 bridgehead atoms. The highest BCUT2D eigenvalue weighted by atomic mass is 16.5. The molecule has 33 heavy (non-hydrogen) atoms. The van der Waals surface area contributed by atoms with Crippen molar-refractivity contribution in [2.75, 3.05) is 7.11 Å². The van der Waals surface area contributed by atoms with Gasteiger partial charge < -0.3 is 9.84 Å². The second kappa shape index (κ2) is 12.3. The van der Waals surface area contributed by atoms with E-state index in [0.29, 0.717) is 6.42 Å². The Morgan fingerprint density at radius 1 is 0.879 bits per heavy atom. The number of ether oxygens (including phenoxy) is 1. The zero-order valence-corrected chi connectivity index (χ0v) is 22.7. The molecule has 0 aromatic rings. The zero-order valence-electron chi connectivity index (χ0n) is 22.7. The number of hydrogen-bond donors (Lipinski definition) is 1. The van der Waals surface area contributed by atoms with E-state index >= 15 is 0 Å². The fraction of sp³-hybridized carbons (Fsp3) is 0.724. The Morgan fingerprint density at radius 3 is 1.85 bits per heavy atom. The van der Waals surface area contributed by atoms with Gasteiger partial charge in [0.05, 0.1) is 6.10 Å². The molecule has 188 valence electrons. The molecule has 1 saturated carbocycles. The maximum Gasteiger partial charge on any atom is 0.229 e. The van der Waals surface area contributed by atoms with Crippen LogP contribution in [-0.2, 0) is 14.3 Å². The third-order valence-electron chi connectivity index (χ3n) is 6.88. The normalized spacial score (nSPS) is 25.4. The lowest BCUT2D eigenvalue weighted by atomic mass is 9.73. The van der Waals surface area contributed by atoms with Gasteiger partial charge in [0.15, 0.2) is 0 Å². The Bertz CT molecular complexity index is 777. The van der Waals surface area contributed by atoms with Crippen molar-refractivity contribution >= 4 is 11.6 Å². The van der Waals surface area contributed by atoms with Gasteiger partial charge in [0.2, 0.25) is 11.6 Å². The second-order valence-electron chi connectivity index (χ2n) is 12.0. The molecular formula is C29H48O4. The van der Waals surface area contributed by atoms with Crippen molar-refractivity contribution in [1.29, 1.82) is 0 Å². The monoisotopic (exact) mass is 460 g/mol. The van der Waals surface area contributed by atoms with Gasteiger partial charge in [0.1, 0.15) is 6.10 Å². The summed E-state index contributed by atoms with van der Waals surface area (Å²) in [5, 5.41) is 10.6. The Labute approximate surface area is 202 Å². The van der Waals surface area contributed by atoms with Gasteiger partial charge in [0, 0.05) is 18.9 Å². The predicted octanol–water partition coefficient (Wildman–Crippen LogP) is 6.63. The highest BCUT2D eigenvalue weighted by molar-refractivity contribution is 6.40. The summed E-state index contributed by atoms with van der Waals surface area (Å²) in [6.07, 6.45) is 9.54. The lowest BCUT2D eigenvalue weighted by Crippen LogP contribution is -2.53. The van der Waals surface area contributed by atoms with E-state index < -0.39 is 29.7 Å². The van der Waals surface area contributed by atoms with Crippen LogP contribution in [0.2, 0.25) is 0 Å². The Balaban J connectivity index is 2.74. The van der Waals surface area contributed by atoms with Crippen LogP contribution < -0.4 is 0 Å². The van der Waals surface area contributed by atoms with Gasteiger partial charge in [-0.15, -0.1) is 0 Å². The molecule has 4 unspecified atom stereocenters. The number of Topliss-reactive ketones (excluding diaryl/α,β-unsaturated/α-hetero) is 2. The van der Waals surface area contributed by atoms with Gasteiger partial charge in [-0.25, -0.2) is 0 Å². The largest absolute Gasteiger partial charge is 0.390 e. The van der Waals surface area contributed by atoms with Crippen LogP contribution in [0.5, 0.6) is 0 Å². The van der Waals surface area contributed by atoms with Crippen LogP contribution in [0.25, 0.3) is 0 Å². The first-order chi connectivity index (χ1) is 15.1. The molecule has 0 heterocycles. The summed E-state index contributed by atoms with van der Waals surface area (Å²) in [6.45, 7) is 19.6. The number of carbonyl (C=O) groups is 2. The standard InChI is InChI=1S/C29H48O4/c1-19(2)13-15-28(6,7)18-21(4)14-16-29(8,9)17-20(3)11-12-23-22(5)24(30)26(32)27(33-10)25(23)31/h11,13-14,22-23,25,27,31H,12,15-18H2,1-10H3/b20-11+,21-14?. The van der Waals surface area contributed by atoms with Crippen LogP contribution >= 0.6 is 0 Å². The Morgan fingerprint density at radius 2 is 1.36 bits per heavy atom. The average molecular weight is 461 g/mol. The van der Waals surface area contributed by atoms with Crippen LogP contribution in [0.15, 0.2) is 34.9 Å². The summed E-state index contributed by atoms with van der Waals surface area (Å²) in [4.78, 5) is 24.3. The van der Waals surface area contributed by atoms with Crippen LogP contribution in [0.1, 0.15) is 94.4 Å². The minimum atomic E-state index is -1.04. The van der Waals surface area contributed by atoms with Gasteiger partial charge in [-0.1, -0.05) is 69.6 Å². The molecule has 4 heteroatoms. The van der Waals surface area contributed by atoms with Crippen molar-refractivity contribution in [3.8, 4) is 0 Å². The number of methoxy groups -OCH3 is 1. The third-order valence-corrected chi connectivity index (χ3v) is 6.88. The van der Waals surface area contributed by atoms with Crippen molar-refractivity contribution in [2.45, 2.75) is 107 Å². The summed E-state index contributed by atoms with van der Waals surface area (Å²) in [7, 11) is 1.37. The molecule has 1 rings (SSSR count). The van der Waals surface area contributed by atoms with E-state index in [1.807, 2.05) is 0 Å². The van der Waals surface area contributed by atoms with Gasteiger partial charge in [0.25, 0.3) is 0 Å². The molecular weight excluding hydrogens is 412 g/mol.